The van der Waals surface area contributed by atoms with E-state index in [1.54, 1.807) is 0 Å². The van der Waals surface area contributed by atoms with E-state index in [0.717, 1.165) is 24.2 Å². The molecular formula is C16H18O2S. The van der Waals surface area contributed by atoms with E-state index in [1.165, 1.54) is 0 Å². The van der Waals surface area contributed by atoms with E-state index in [9.17, 15) is 9.59 Å². The number of rotatable bonds is 2. The largest absolute Gasteiger partial charge is 0.299 e. The second kappa shape index (κ2) is 5.49. The van der Waals surface area contributed by atoms with E-state index < -0.39 is 0 Å². The van der Waals surface area contributed by atoms with Gasteiger partial charge in [-0.1, -0.05) is 30.3 Å². The number of thioether (sulfide) groups is 1. The third-order valence-corrected chi connectivity index (χ3v) is 5.66. The van der Waals surface area contributed by atoms with Gasteiger partial charge in [0.2, 0.25) is 0 Å². The Morgan fingerprint density at radius 1 is 1.00 bits per heavy atom. The van der Waals surface area contributed by atoms with Crippen LogP contribution in [-0.2, 0) is 9.59 Å². The lowest BCUT2D eigenvalue weighted by Gasteiger charge is -2.29. The number of carbonyl (C=O) groups excluding carboxylic acids is 2. The first-order valence-corrected chi connectivity index (χ1v) is 8.02. The monoisotopic (exact) mass is 274 g/mol. The smallest absolute Gasteiger partial charge is 0.145 e. The standard InChI is InChI=1S/C16H18O2S/c17-13-9-12(11-5-2-1-3-6-11)10-14(18)16(13)15-7-4-8-19-15/h1-3,5-6,12,15-16H,4,7-10H2. The van der Waals surface area contributed by atoms with Crippen LogP contribution >= 0.6 is 11.8 Å². The van der Waals surface area contributed by atoms with Gasteiger partial charge in [0.05, 0.1) is 5.92 Å². The van der Waals surface area contributed by atoms with Crippen LogP contribution in [0.15, 0.2) is 30.3 Å². The summed E-state index contributed by atoms with van der Waals surface area (Å²) < 4.78 is 0. The molecular weight excluding hydrogens is 256 g/mol. The van der Waals surface area contributed by atoms with Crippen molar-refractivity contribution in [2.24, 2.45) is 5.92 Å². The van der Waals surface area contributed by atoms with Crippen LogP contribution < -0.4 is 0 Å². The highest BCUT2D eigenvalue weighted by molar-refractivity contribution is 8.00. The molecule has 0 aromatic heterocycles. The van der Waals surface area contributed by atoms with Crippen molar-refractivity contribution in [2.75, 3.05) is 5.75 Å². The van der Waals surface area contributed by atoms with Crippen molar-refractivity contribution < 1.29 is 9.59 Å². The normalized spacial score (nSPS) is 31.7. The fourth-order valence-electron chi connectivity index (χ4n) is 3.23. The summed E-state index contributed by atoms with van der Waals surface area (Å²) in [5.74, 6) is 1.23. The molecule has 1 saturated carbocycles. The average molecular weight is 274 g/mol. The molecule has 1 aliphatic heterocycles. The molecule has 100 valence electrons. The maximum atomic E-state index is 12.3. The summed E-state index contributed by atoms with van der Waals surface area (Å²) in [4.78, 5) is 24.7. The van der Waals surface area contributed by atoms with Crippen LogP contribution in [0, 0.1) is 5.92 Å². The van der Waals surface area contributed by atoms with Crippen molar-refractivity contribution in [3.63, 3.8) is 0 Å². The summed E-state index contributed by atoms with van der Waals surface area (Å²) >= 11 is 1.81. The van der Waals surface area contributed by atoms with Gasteiger partial charge in [-0.05, 0) is 30.1 Å². The molecule has 1 aliphatic carbocycles. The third-order valence-electron chi connectivity index (χ3n) is 4.20. The second-order valence-corrected chi connectivity index (χ2v) is 6.82. The first kappa shape index (κ1) is 12.9. The summed E-state index contributed by atoms with van der Waals surface area (Å²) in [7, 11) is 0. The van der Waals surface area contributed by atoms with Gasteiger partial charge in [-0.3, -0.25) is 9.59 Å². The van der Waals surface area contributed by atoms with Gasteiger partial charge in [-0.25, -0.2) is 0 Å². The van der Waals surface area contributed by atoms with Crippen molar-refractivity contribution in [1.29, 1.82) is 0 Å². The van der Waals surface area contributed by atoms with Crippen LogP contribution in [0.4, 0.5) is 0 Å². The minimum Gasteiger partial charge on any atom is -0.299 e. The summed E-state index contributed by atoms with van der Waals surface area (Å²) in [6.45, 7) is 0. The van der Waals surface area contributed by atoms with Gasteiger partial charge in [-0.15, -0.1) is 0 Å². The third kappa shape index (κ3) is 2.62. The predicted octanol–water partition coefficient (Wildman–Crippen LogP) is 3.21. The first-order chi connectivity index (χ1) is 9.25. The highest BCUT2D eigenvalue weighted by Gasteiger charge is 2.41. The van der Waals surface area contributed by atoms with Crippen LogP contribution in [0.2, 0.25) is 0 Å². The molecule has 2 nitrogen and oxygen atoms in total. The van der Waals surface area contributed by atoms with Gasteiger partial charge in [0, 0.05) is 18.1 Å². The average Bonchev–Trinajstić information content (AvgIpc) is 2.93. The van der Waals surface area contributed by atoms with Crippen LogP contribution in [0.25, 0.3) is 0 Å². The maximum absolute atomic E-state index is 12.3. The van der Waals surface area contributed by atoms with E-state index in [4.69, 9.17) is 0 Å². The quantitative estimate of drug-likeness (QED) is 0.777. The molecule has 0 amide bonds. The van der Waals surface area contributed by atoms with Crippen molar-refractivity contribution >= 4 is 23.3 Å². The SMILES string of the molecule is O=C1CC(c2ccccc2)CC(=O)C1C1CCCS1. The molecule has 1 aromatic carbocycles. The Balaban J connectivity index is 1.75. The molecule has 2 aliphatic rings. The van der Waals surface area contributed by atoms with Gasteiger partial charge < -0.3 is 0 Å². The van der Waals surface area contributed by atoms with Gasteiger partial charge >= 0.3 is 0 Å². The molecule has 3 heteroatoms. The highest BCUT2D eigenvalue weighted by Crippen LogP contribution is 2.40. The molecule has 1 heterocycles. The minimum atomic E-state index is -0.313. The lowest BCUT2D eigenvalue weighted by molar-refractivity contribution is -0.136. The van der Waals surface area contributed by atoms with E-state index in [0.29, 0.717) is 12.8 Å². The number of Topliss-reactive ketones (excluding diaryl/α,β-unsaturated/α-hetero) is 2. The van der Waals surface area contributed by atoms with Crippen molar-refractivity contribution in [2.45, 2.75) is 36.9 Å². The van der Waals surface area contributed by atoms with Gasteiger partial charge in [-0.2, -0.15) is 11.8 Å². The number of ketones is 2. The highest BCUT2D eigenvalue weighted by atomic mass is 32.2. The Bertz CT molecular complexity index is 459. The Hall–Kier alpha value is -1.09. The molecule has 0 radical (unpaired) electrons. The number of hydrogen-bond donors (Lipinski definition) is 0. The zero-order chi connectivity index (χ0) is 13.2. The molecule has 1 saturated heterocycles. The van der Waals surface area contributed by atoms with E-state index >= 15 is 0 Å². The van der Waals surface area contributed by atoms with Gasteiger partial charge in [0.25, 0.3) is 0 Å². The Kier molecular flexibility index (Phi) is 3.74. The minimum absolute atomic E-state index is 0.101. The molecule has 0 spiro atoms. The number of benzene rings is 1. The number of hydrogen-bond acceptors (Lipinski definition) is 3. The maximum Gasteiger partial charge on any atom is 0.145 e. The Morgan fingerprint density at radius 2 is 1.68 bits per heavy atom. The van der Waals surface area contributed by atoms with E-state index in [1.807, 2.05) is 42.1 Å². The molecule has 1 unspecified atom stereocenters. The van der Waals surface area contributed by atoms with Gasteiger partial charge in [0.15, 0.2) is 0 Å². The molecule has 1 atom stereocenters. The molecule has 0 N–H and O–H groups in total. The van der Waals surface area contributed by atoms with Crippen molar-refractivity contribution in [3.8, 4) is 0 Å². The van der Waals surface area contributed by atoms with Crippen LogP contribution in [0.5, 0.6) is 0 Å². The lowest BCUT2D eigenvalue weighted by atomic mass is 9.75. The van der Waals surface area contributed by atoms with Crippen molar-refractivity contribution in [1.82, 2.24) is 0 Å². The second-order valence-electron chi connectivity index (χ2n) is 5.48. The summed E-state index contributed by atoms with van der Waals surface area (Å²) in [5, 5.41) is 0.261. The number of carbonyl (C=O) groups is 2. The zero-order valence-corrected chi connectivity index (χ0v) is 11.7. The predicted molar refractivity (Wildman–Crippen MR) is 77.4 cm³/mol. The van der Waals surface area contributed by atoms with E-state index in [-0.39, 0.29) is 28.7 Å². The Labute approximate surface area is 118 Å². The van der Waals surface area contributed by atoms with Crippen LogP contribution in [-0.4, -0.2) is 22.6 Å². The lowest BCUT2D eigenvalue weighted by Crippen LogP contribution is -2.38. The summed E-state index contributed by atoms with van der Waals surface area (Å²) in [5.41, 5.74) is 1.13. The molecule has 1 aromatic rings. The Morgan fingerprint density at radius 3 is 2.26 bits per heavy atom. The fraction of sp³-hybridized carbons (Fsp3) is 0.500. The first-order valence-electron chi connectivity index (χ1n) is 6.97. The van der Waals surface area contributed by atoms with Crippen molar-refractivity contribution in [3.05, 3.63) is 35.9 Å². The molecule has 2 fully saturated rings. The molecule has 19 heavy (non-hydrogen) atoms. The molecule has 3 rings (SSSR count). The topological polar surface area (TPSA) is 34.1 Å². The van der Waals surface area contributed by atoms with Crippen LogP contribution in [0.3, 0.4) is 0 Å². The summed E-state index contributed by atoms with van der Waals surface area (Å²) in [6, 6.07) is 9.96. The van der Waals surface area contributed by atoms with E-state index in [2.05, 4.69) is 0 Å². The fourth-order valence-corrected chi connectivity index (χ4v) is 4.70. The zero-order valence-electron chi connectivity index (χ0n) is 10.9. The molecule has 0 bridgehead atoms. The van der Waals surface area contributed by atoms with Gasteiger partial charge in [0.1, 0.15) is 11.6 Å². The van der Waals surface area contributed by atoms with Crippen LogP contribution in [0.1, 0.15) is 37.2 Å². The summed E-state index contributed by atoms with van der Waals surface area (Å²) in [6.07, 6.45) is 3.26.